The van der Waals surface area contributed by atoms with Gasteiger partial charge in [-0.15, -0.1) is 11.6 Å². The lowest BCUT2D eigenvalue weighted by Crippen LogP contribution is -1.99. The lowest BCUT2D eigenvalue weighted by Gasteiger charge is -2.14. The van der Waals surface area contributed by atoms with Crippen LogP contribution in [0.4, 0.5) is 0 Å². The summed E-state index contributed by atoms with van der Waals surface area (Å²) in [4.78, 5) is 0. The zero-order valence-electron chi connectivity index (χ0n) is 8.76. The van der Waals surface area contributed by atoms with Gasteiger partial charge in [-0.2, -0.15) is 0 Å². The molecule has 0 N–H and O–H groups in total. The van der Waals surface area contributed by atoms with Crippen molar-refractivity contribution >= 4 is 23.2 Å². The molecule has 0 nitrogen and oxygen atoms in total. The molecule has 0 radical (unpaired) electrons. The van der Waals surface area contributed by atoms with Gasteiger partial charge in [0.1, 0.15) is 0 Å². The summed E-state index contributed by atoms with van der Waals surface area (Å²) in [7, 11) is 0. The quantitative estimate of drug-likeness (QED) is 0.640. The molecule has 0 heterocycles. The van der Waals surface area contributed by atoms with E-state index in [0.717, 1.165) is 17.4 Å². The molecule has 2 heteroatoms. The van der Waals surface area contributed by atoms with Crippen molar-refractivity contribution in [1.29, 1.82) is 0 Å². The minimum atomic E-state index is 0.158. The Kier molecular flexibility index (Phi) is 3.93. The van der Waals surface area contributed by atoms with E-state index in [4.69, 9.17) is 23.2 Å². The Morgan fingerprint density at radius 3 is 2.33 bits per heavy atom. The maximum absolute atomic E-state index is 6.40. The van der Waals surface area contributed by atoms with Gasteiger partial charge >= 0.3 is 0 Å². The fourth-order valence-electron chi connectivity index (χ4n) is 2.35. The van der Waals surface area contributed by atoms with E-state index in [2.05, 4.69) is 0 Å². The lowest BCUT2D eigenvalue weighted by atomic mass is 9.98. The Bertz CT molecular complexity index is 299. The van der Waals surface area contributed by atoms with Crippen LogP contribution in [-0.4, -0.2) is 0 Å². The fraction of sp³-hybridized carbons (Fsp3) is 0.538. The van der Waals surface area contributed by atoms with Gasteiger partial charge in [0, 0.05) is 5.02 Å². The third-order valence-corrected chi connectivity index (χ3v) is 3.93. The van der Waals surface area contributed by atoms with Crippen LogP contribution in [0.3, 0.4) is 0 Å². The molecule has 1 saturated carbocycles. The third kappa shape index (κ3) is 3.12. The van der Waals surface area contributed by atoms with Crippen LogP contribution < -0.4 is 0 Å². The van der Waals surface area contributed by atoms with Crippen LogP contribution in [0.2, 0.25) is 5.02 Å². The first-order valence-electron chi connectivity index (χ1n) is 5.65. The van der Waals surface area contributed by atoms with Gasteiger partial charge in [0.05, 0.1) is 5.38 Å². The average Bonchev–Trinajstić information content (AvgIpc) is 2.71. The summed E-state index contributed by atoms with van der Waals surface area (Å²) >= 11 is 12.2. The molecule has 82 valence electrons. The van der Waals surface area contributed by atoms with E-state index in [1.165, 1.54) is 31.2 Å². The number of halogens is 2. The SMILES string of the molecule is Clc1ccc(C(Cl)CC2CCCC2)cc1. The molecular formula is C13H16Cl2. The van der Waals surface area contributed by atoms with Crippen LogP contribution in [-0.2, 0) is 0 Å². The molecule has 0 aliphatic heterocycles. The van der Waals surface area contributed by atoms with Crippen LogP contribution in [0.15, 0.2) is 24.3 Å². The molecule has 1 aliphatic rings. The summed E-state index contributed by atoms with van der Waals surface area (Å²) in [5.74, 6) is 0.836. The summed E-state index contributed by atoms with van der Waals surface area (Å²) in [5.41, 5.74) is 1.20. The molecule has 1 fully saturated rings. The molecule has 2 rings (SSSR count). The van der Waals surface area contributed by atoms with Crippen molar-refractivity contribution in [2.75, 3.05) is 0 Å². The van der Waals surface area contributed by atoms with E-state index in [0.29, 0.717) is 0 Å². The molecule has 0 spiro atoms. The van der Waals surface area contributed by atoms with E-state index < -0.39 is 0 Å². The van der Waals surface area contributed by atoms with E-state index in [1.54, 1.807) is 0 Å². The van der Waals surface area contributed by atoms with Gasteiger partial charge in [-0.25, -0.2) is 0 Å². The molecule has 0 aromatic heterocycles. The first-order valence-corrected chi connectivity index (χ1v) is 6.46. The van der Waals surface area contributed by atoms with E-state index in [9.17, 15) is 0 Å². The number of benzene rings is 1. The van der Waals surface area contributed by atoms with Crippen LogP contribution >= 0.6 is 23.2 Å². The Labute approximate surface area is 102 Å². The highest BCUT2D eigenvalue weighted by atomic mass is 35.5. The fourth-order valence-corrected chi connectivity index (χ4v) is 2.87. The Hall–Kier alpha value is -0.200. The van der Waals surface area contributed by atoms with Crippen molar-refractivity contribution in [1.82, 2.24) is 0 Å². The van der Waals surface area contributed by atoms with Crippen LogP contribution in [0.5, 0.6) is 0 Å². The number of alkyl halides is 1. The van der Waals surface area contributed by atoms with Gasteiger partial charge in [-0.05, 0) is 30.0 Å². The summed E-state index contributed by atoms with van der Waals surface area (Å²) in [6, 6.07) is 7.91. The molecule has 15 heavy (non-hydrogen) atoms. The molecule has 1 aromatic rings. The van der Waals surface area contributed by atoms with Crippen molar-refractivity contribution < 1.29 is 0 Å². The minimum absolute atomic E-state index is 0.158. The van der Waals surface area contributed by atoms with Crippen molar-refractivity contribution in [2.45, 2.75) is 37.5 Å². The average molecular weight is 243 g/mol. The highest BCUT2D eigenvalue weighted by molar-refractivity contribution is 6.30. The normalized spacial score (nSPS) is 19.3. The van der Waals surface area contributed by atoms with Crippen LogP contribution in [0.1, 0.15) is 43.0 Å². The molecule has 1 aliphatic carbocycles. The molecule has 0 saturated heterocycles. The molecule has 1 unspecified atom stereocenters. The molecule has 0 bridgehead atoms. The second-order valence-electron chi connectivity index (χ2n) is 4.41. The molecule has 1 aromatic carbocycles. The summed E-state index contributed by atoms with van der Waals surface area (Å²) in [6.45, 7) is 0. The minimum Gasteiger partial charge on any atom is -0.118 e. The molecule has 0 amide bonds. The maximum atomic E-state index is 6.40. The Balaban J connectivity index is 1.94. The zero-order chi connectivity index (χ0) is 10.7. The zero-order valence-corrected chi connectivity index (χ0v) is 10.3. The summed E-state index contributed by atoms with van der Waals surface area (Å²) in [5, 5.41) is 0.939. The standard InChI is InChI=1S/C13H16Cl2/c14-12-7-5-11(6-8-12)13(15)9-10-3-1-2-4-10/h5-8,10,13H,1-4,9H2. The smallest absolute Gasteiger partial charge is 0.0587 e. The highest BCUT2D eigenvalue weighted by Crippen LogP contribution is 2.36. The van der Waals surface area contributed by atoms with Gasteiger partial charge in [-0.1, -0.05) is 49.4 Å². The van der Waals surface area contributed by atoms with E-state index >= 15 is 0 Å². The van der Waals surface area contributed by atoms with Crippen LogP contribution in [0.25, 0.3) is 0 Å². The maximum Gasteiger partial charge on any atom is 0.0587 e. The van der Waals surface area contributed by atoms with Gasteiger partial charge < -0.3 is 0 Å². The molecule has 1 atom stereocenters. The van der Waals surface area contributed by atoms with Gasteiger partial charge in [0.2, 0.25) is 0 Å². The van der Waals surface area contributed by atoms with Crippen molar-refractivity contribution in [3.05, 3.63) is 34.9 Å². The number of hydrogen-bond donors (Lipinski definition) is 0. The van der Waals surface area contributed by atoms with Gasteiger partial charge in [0.25, 0.3) is 0 Å². The first kappa shape index (κ1) is 11.3. The van der Waals surface area contributed by atoms with Crippen molar-refractivity contribution in [2.24, 2.45) is 5.92 Å². The highest BCUT2D eigenvalue weighted by Gasteiger charge is 2.19. The number of hydrogen-bond acceptors (Lipinski definition) is 0. The second-order valence-corrected chi connectivity index (χ2v) is 5.37. The lowest BCUT2D eigenvalue weighted by molar-refractivity contribution is 0.496. The first-order chi connectivity index (χ1) is 7.25. The topological polar surface area (TPSA) is 0 Å². The third-order valence-electron chi connectivity index (χ3n) is 3.25. The van der Waals surface area contributed by atoms with E-state index in [-0.39, 0.29) is 5.38 Å². The van der Waals surface area contributed by atoms with Crippen molar-refractivity contribution in [3.8, 4) is 0 Å². The summed E-state index contributed by atoms with van der Waals surface area (Å²) in [6.07, 6.45) is 6.60. The predicted molar refractivity (Wildman–Crippen MR) is 66.6 cm³/mol. The van der Waals surface area contributed by atoms with Crippen LogP contribution in [0, 0.1) is 5.92 Å². The second kappa shape index (κ2) is 5.23. The van der Waals surface area contributed by atoms with Crippen molar-refractivity contribution in [3.63, 3.8) is 0 Å². The number of rotatable bonds is 3. The largest absolute Gasteiger partial charge is 0.118 e. The van der Waals surface area contributed by atoms with Gasteiger partial charge in [0.15, 0.2) is 0 Å². The predicted octanol–water partition coefficient (Wildman–Crippen LogP) is 5.20. The van der Waals surface area contributed by atoms with Gasteiger partial charge in [-0.3, -0.25) is 0 Å². The Morgan fingerprint density at radius 1 is 1.13 bits per heavy atom. The Morgan fingerprint density at radius 2 is 1.73 bits per heavy atom. The monoisotopic (exact) mass is 242 g/mol. The summed E-state index contributed by atoms with van der Waals surface area (Å²) < 4.78 is 0. The molecular weight excluding hydrogens is 227 g/mol. The van der Waals surface area contributed by atoms with E-state index in [1.807, 2.05) is 24.3 Å².